The molecule has 0 bridgehead atoms. The second-order valence-corrected chi connectivity index (χ2v) is 7.28. The Hall–Kier alpha value is -3.34. The molecule has 1 saturated heterocycles. The number of anilines is 1. The van der Waals surface area contributed by atoms with Gasteiger partial charge >= 0.3 is 0 Å². The fourth-order valence-electron chi connectivity index (χ4n) is 4.02. The van der Waals surface area contributed by atoms with Gasteiger partial charge in [0.1, 0.15) is 17.3 Å². The van der Waals surface area contributed by atoms with Gasteiger partial charge in [0.2, 0.25) is 0 Å². The summed E-state index contributed by atoms with van der Waals surface area (Å²) in [4.78, 5) is 12.0. The maximum atomic E-state index is 10.3. The lowest BCUT2D eigenvalue weighted by molar-refractivity contribution is 0.464. The van der Waals surface area contributed by atoms with E-state index in [-0.39, 0.29) is 11.8 Å². The van der Waals surface area contributed by atoms with E-state index in [1.807, 2.05) is 24.3 Å². The molecule has 1 N–H and O–H groups in total. The molecule has 0 saturated carbocycles. The van der Waals surface area contributed by atoms with Crippen LogP contribution < -0.4 is 4.90 Å². The topological polar surface area (TPSA) is 62.4 Å². The van der Waals surface area contributed by atoms with Crippen molar-refractivity contribution >= 4 is 16.7 Å². The number of hydrogen-bond donors (Lipinski definition) is 1. The second-order valence-electron chi connectivity index (χ2n) is 7.28. The Morgan fingerprint density at radius 3 is 2.79 bits per heavy atom. The molecule has 1 unspecified atom stereocenters. The molecule has 1 aliphatic rings. The Balaban J connectivity index is 1.72. The van der Waals surface area contributed by atoms with Crippen LogP contribution in [0.3, 0.4) is 0 Å². The molecule has 2 aromatic carbocycles. The molecule has 2 aromatic heterocycles. The molecule has 28 heavy (non-hydrogen) atoms. The lowest BCUT2D eigenvalue weighted by Gasteiger charge is -2.26. The Kier molecular flexibility index (Phi) is 4.01. The number of aryl methyl sites for hydroxylation is 1. The largest absolute Gasteiger partial charge is 0.507 e. The maximum Gasteiger partial charge on any atom is 0.165 e. The van der Waals surface area contributed by atoms with Crippen LogP contribution in [0.15, 0.2) is 65.3 Å². The van der Waals surface area contributed by atoms with Gasteiger partial charge in [0.15, 0.2) is 5.82 Å². The number of nitrogens with zero attached hydrogens (tertiary/aromatic N) is 3. The molecule has 0 spiro atoms. The van der Waals surface area contributed by atoms with Gasteiger partial charge in [0.05, 0.1) is 23.4 Å². The first-order valence-corrected chi connectivity index (χ1v) is 9.57. The first kappa shape index (κ1) is 16.8. The highest BCUT2D eigenvalue weighted by Gasteiger charge is 2.31. The average molecular weight is 371 g/mol. The van der Waals surface area contributed by atoms with Crippen molar-refractivity contribution < 1.29 is 9.52 Å². The van der Waals surface area contributed by atoms with E-state index >= 15 is 0 Å². The van der Waals surface area contributed by atoms with Crippen molar-refractivity contribution in [3.63, 3.8) is 0 Å². The quantitative estimate of drug-likeness (QED) is 0.533. The van der Waals surface area contributed by atoms with Crippen LogP contribution in [-0.4, -0.2) is 21.6 Å². The van der Waals surface area contributed by atoms with E-state index in [1.165, 1.54) is 0 Å². The number of aromatic hydroxyl groups is 1. The standard InChI is InChI=1S/C23H21N3O2/c1-15-10-11-16-18(14-15)24-22(17-6-2-3-8-20(17)27)25-23(16)26-12-4-7-19(26)21-9-5-13-28-21/h2-3,5-6,8-11,13-14,19,27H,4,7,12H2,1H3. The number of furan rings is 1. The minimum absolute atomic E-state index is 0.159. The highest BCUT2D eigenvalue weighted by Crippen LogP contribution is 2.40. The molecule has 4 aromatic rings. The molecule has 1 atom stereocenters. The second kappa shape index (κ2) is 6.68. The summed E-state index contributed by atoms with van der Waals surface area (Å²) in [6, 6.07) is 17.6. The molecule has 1 fully saturated rings. The summed E-state index contributed by atoms with van der Waals surface area (Å²) in [5.74, 6) is 2.57. The summed E-state index contributed by atoms with van der Waals surface area (Å²) in [6.07, 6.45) is 3.83. The number of para-hydroxylation sites is 1. The number of benzene rings is 2. The molecule has 5 nitrogen and oxygen atoms in total. The van der Waals surface area contributed by atoms with E-state index in [1.54, 1.807) is 18.4 Å². The smallest absolute Gasteiger partial charge is 0.165 e. The van der Waals surface area contributed by atoms with Crippen LogP contribution in [0.1, 0.15) is 30.2 Å². The predicted molar refractivity (Wildman–Crippen MR) is 109 cm³/mol. The van der Waals surface area contributed by atoms with Gasteiger partial charge in [-0.2, -0.15) is 0 Å². The number of rotatable bonds is 3. The van der Waals surface area contributed by atoms with Gasteiger partial charge in [-0.25, -0.2) is 9.97 Å². The van der Waals surface area contributed by atoms with Crippen LogP contribution in [0.2, 0.25) is 0 Å². The first-order valence-electron chi connectivity index (χ1n) is 9.57. The van der Waals surface area contributed by atoms with Crippen molar-refractivity contribution in [3.05, 3.63) is 72.2 Å². The van der Waals surface area contributed by atoms with Crippen LogP contribution >= 0.6 is 0 Å². The minimum atomic E-state index is 0.159. The Labute approximate surface area is 163 Å². The molecule has 0 aliphatic carbocycles. The number of hydrogen-bond acceptors (Lipinski definition) is 5. The van der Waals surface area contributed by atoms with Gasteiger partial charge in [-0.15, -0.1) is 0 Å². The van der Waals surface area contributed by atoms with Gasteiger partial charge < -0.3 is 14.4 Å². The van der Waals surface area contributed by atoms with Crippen LogP contribution in [-0.2, 0) is 0 Å². The third-order valence-electron chi connectivity index (χ3n) is 5.37. The normalized spacial score (nSPS) is 16.8. The molecular formula is C23H21N3O2. The van der Waals surface area contributed by atoms with E-state index in [2.05, 4.69) is 30.0 Å². The van der Waals surface area contributed by atoms with Crippen molar-refractivity contribution in [2.75, 3.05) is 11.4 Å². The van der Waals surface area contributed by atoms with Gasteiger partial charge in [-0.3, -0.25) is 0 Å². The molecule has 1 aliphatic heterocycles. The number of phenolic OH excluding ortho intramolecular Hbond substituents is 1. The Morgan fingerprint density at radius 2 is 1.96 bits per heavy atom. The minimum Gasteiger partial charge on any atom is -0.507 e. The zero-order chi connectivity index (χ0) is 19.1. The van der Waals surface area contributed by atoms with Gasteiger partial charge in [0.25, 0.3) is 0 Å². The van der Waals surface area contributed by atoms with Gasteiger partial charge in [0, 0.05) is 11.9 Å². The molecular weight excluding hydrogens is 350 g/mol. The summed E-state index contributed by atoms with van der Waals surface area (Å²) in [5, 5.41) is 11.4. The van der Waals surface area contributed by atoms with Crippen molar-refractivity contribution in [1.82, 2.24) is 9.97 Å². The van der Waals surface area contributed by atoms with Gasteiger partial charge in [-0.05, 0) is 61.7 Å². The van der Waals surface area contributed by atoms with Crippen molar-refractivity contribution in [2.45, 2.75) is 25.8 Å². The van der Waals surface area contributed by atoms with E-state index in [9.17, 15) is 5.11 Å². The number of fused-ring (bicyclic) bond motifs is 1. The lowest BCUT2D eigenvalue weighted by Crippen LogP contribution is -2.24. The highest BCUT2D eigenvalue weighted by atomic mass is 16.3. The third kappa shape index (κ3) is 2.80. The van der Waals surface area contributed by atoms with E-state index in [0.29, 0.717) is 11.4 Å². The molecule has 3 heterocycles. The van der Waals surface area contributed by atoms with E-state index in [0.717, 1.165) is 47.4 Å². The zero-order valence-corrected chi connectivity index (χ0v) is 15.7. The summed E-state index contributed by atoms with van der Waals surface area (Å²) in [7, 11) is 0. The maximum absolute atomic E-state index is 10.3. The highest BCUT2D eigenvalue weighted by molar-refractivity contribution is 5.92. The molecule has 140 valence electrons. The van der Waals surface area contributed by atoms with Crippen molar-refractivity contribution in [3.8, 4) is 17.1 Å². The fourth-order valence-corrected chi connectivity index (χ4v) is 4.02. The first-order chi connectivity index (χ1) is 13.7. The molecule has 5 heteroatoms. The molecule has 5 rings (SSSR count). The van der Waals surface area contributed by atoms with E-state index in [4.69, 9.17) is 14.4 Å². The average Bonchev–Trinajstić information content (AvgIpc) is 3.38. The lowest BCUT2D eigenvalue weighted by atomic mass is 10.1. The summed E-state index contributed by atoms with van der Waals surface area (Å²) in [5.41, 5.74) is 2.67. The third-order valence-corrected chi connectivity index (χ3v) is 5.37. The summed E-state index contributed by atoms with van der Waals surface area (Å²) < 4.78 is 5.71. The van der Waals surface area contributed by atoms with Crippen LogP contribution in [0.5, 0.6) is 5.75 Å². The van der Waals surface area contributed by atoms with Crippen LogP contribution in [0.4, 0.5) is 5.82 Å². The van der Waals surface area contributed by atoms with E-state index < -0.39 is 0 Å². The number of aromatic nitrogens is 2. The fraction of sp³-hybridized carbons (Fsp3) is 0.217. The summed E-state index contributed by atoms with van der Waals surface area (Å²) in [6.45, 7) is 2.97. The van der Waals surface area contributed by atoms with Gasteiger partial charge in [-0.1, -0.05) is 18.2 Å². The van der Waals surface area contributed by atoms with Crippen molar-refractivity contribution in [1.29, 1.82) is 0 Å². The molecule has 0 radical (unpaired) electrons. The van der Waals surface area contributed by atoms with Crippen molar-refractivity contribution in [2.24, 2.45) is 0 Å². The monoisotopic (exact) mass is 371 g/mol. The molecule has 0 amide bonds. The SMILES string of the molecule is Cc1ccc2c(N3CCCC3c3ccco3)nc(-c3ccccc3O)nc2c1. The summed E-state index contributed by atoms with van der Waals surface area (Å²) >= 11 is 0. The zero-order valence-electron chi connectivity index (χ0n) is 15.7. The Morgan fingerprint density at radius 1 is 1.07 bits per heavy atom. The van der Waals surface area contributed by atoms with Crippen LogP contribution in [0, 0.1) is 6.92 Å². The predicted octanol–water partition coefficient (Wildman–Crippen LogP) is 5.25. The number of phenols is 1. The Bertz CT molecular complexity index is 1140. The van der Waals surface area contributed by atoms with Crippen LogP contribution in [0.25, 0.3) is 22.3 Å².